The first-order valence-corrected chi connectivity index (χ1v) is 22.7. The van der Waals surface area contributed by atoms with Gasteiger partial charge in [0.15, 0.2) is 5.75 Å². The van der Waals surface area contributed by atoms with Crippen molar-refractivity contribution in [3.8, 4) is 16.9 Å². The highest BCUT2D eigenvalue weighted by Crippen LogP contribution is 2.40. The van der Waals surface area contributed by atoms with Gasteiger partial charge in [-0.25, -0.2) is 22.9 Å². The molecule has 0 radical (unpaired) electrons. The third-order valence-electron chi connectivity index (χ3n) is 10.3. The first-order valence-electron chi connectivity index (χ1n) is 20.2. The van der Waals surface area contributed by atoms with Crippen LogP contribution in [0.2, 0.25) is 0 Å². The van der Waals surface area contributed by atoms with E-state index >= 15 is 0 Å². The molecule has 1 aromatic heterocycles. The molecule has 1 aliphatic rings. The molecule has 0 bridgehead atoms. The van der Waals surface area contributed by atoms with Crippen molar-refractivity contribution in [3.05, 3.63) is 107 Å². The summed E-state index contributed by atoms with van der Waals surface area (Å²) in [5, 5.41) is 28.7. The van der Waals surface area contributed by atoms with Crippen molar-refractivity contribution >= 4 is 56.2 Å². The second kappa shape index (κ2) is 19.6. The van der Waals surface area contributed by atoms with Crippen LogP contribution in [-0.2, 0) is 21.3 Å². The number of thioether (sulfide) groups is 1. The number of nitrogens with one attached hydrogen (secondary N) is 3. The van der Waals surface area contributed by atoms with E-state index < -0.39 is 60.6 Å². The number of sulfonamides is 1. The maximum Gasteiger partial charge on any atom is 0.407 e. The second-order valence-electron chi connectivity index (χ2n) is 16.1. The first-order chi connectivity index (χ1) is 28.7. The van der Waals surface area contributed by atoms with Gasteiger partial charge >= 0.3 is 11.8 Å². The SMILES string of the molecule is CC(C)(C)OC(=O)NCCCC[C@H](CSc1ccccc1)Nc1c(S(=O)(=O)NC(=O)c2ccc(-c3ccc4c(c3)ncn4CC3CCCCC3)cc2)ccc(O)c1[N+](=O)[O-]. The molecule has 16 heteroatoms. The number of amides is 2. The molecular weight excluding hydrogens is 805 g/mol. The third kappa shape index (κ3) is 11.8. The number of carbonyl (C=O) groups excluding carboxylic acids is 2. The van der Waals surface area contributed by atoms with Crippen LogP contribution < -0.4 is 15.4 Å². The second-order valence-corrected chi connectivity index (χ2v) is 18.8. The number of nitro groups is 1. The number of ether oxygens (including phenoxy) is 1. The minimum Gasteiger partial charge on any atom is -0.502 e. The molecular formula is C44H52N6O8S2. The number of alkyl carbamates (subject to hydrolysis) is 1. The number of aromatic hydroxyl groups is 1. The highest BCUT2D eigenvalue weighted by atomic mass is 32.2. The molecule has 1 saturated carbocycles. The van der Waals surface area contributed by atoms with Crippen molar-refractivity contribution in [2.45, 2.75) is 100 Å². The zero-order valence-electron chi connectivity index (χ0n) is 34.1. The summed E-state index contributed by atoms with van der Waals surface area (Å²) in [5.41, 5.74) is 1.73. The van der Waals surface area contributed by atoms with Crippen LogP contribution in [0.1, 0.15) is 82.5 Å². The molecule has 1 aliphatic carbocycles. The molecule has 5 aromatic rings. The molecule has 2 amide bonds. The average Bonchev–Trinajstić information content (AvgIpc) is 3.61. The van der Waals surface area contributed by atoms with Crippen molar-refractivity contribution in [1.29, 1.82) is 0 Å². The number of unbranched alkanes of at least 4 members (excludes halogenated alkanes) is 1. The minimum atomic E-state index is -4.73. The van der Waals surface area contributed by atoms with Gasteiger partial charge in [0, 0.05) is 35.3 Å². The number of fused-ring (bicyclic) bond motifs is 1. The van der Waals surface area contributed by atoms with Crippen molar-refractivity contribution in [2.24, 2.45) is 5.92 Å². The number of hydrogen-bond acceptors (Lipinski definition) is 11. The first kappa shape index (κ1) is 44.0. The molecule has 4 aromatic carbocycles. The Morgan fingerprint density at radius 1 is 0.983 bits per heavy atom. The van der Waals surface area contributed by atoms with Gasteiger partial charge in [0.1, 0.15) is 16.2 Å². The van der Waals surface area contributed by atoms with E-state index in [1.54, 1.807) is 32.9 Å². The fourth-order valence-electron chi connectivity index (χ4n) is 7.33. The van der Waals surface area contributed by atoms with E-state index in [-0.39, 0.29) is 5.56 Å². The highest BCUT2D eigenvalue weighted by molar-refractivity contribution is 7.99. The van der Waals surface area contributed by atoms with E-state index in [0.717, 1.165) is 45.7 Å². The summed E-state index contributed by atoms with van der Waals surface area (Å²) in [6.07, 6.45) is 9.15. The molecule has 60 heavy (non-hydrogen) atoms. The van der Waals surface area contributed by atoms with Gasteiger partial charge < -0.3 is 25.0 Å². The van der Waals surface area contributed by atoms with Crippen LogP contribution >= 0.6 is 11.8 Å². The number of nitro benzene ring substituents is 1. The normalized spacial score (nSPS) is 14.1. The van der Waals surface area contributed by atoms with E-state index in [2.05, 4.69) is 24.9 Å². The highest BCUT2D eigenvalue weighted by Gasteiger charge is 2.32. The number of benzene rings is 4. The molecule has 1 atom stereocenters. The van der Waals surface area contributed by atoms with Crippen LogP contribution in [-0.4, -0.2) is 63.9 Å². The molecule has 6 rings (SSSR count). The standard InChI is InChI=1S/C44H52N6O8S2/c1-44(2,3)58-43(53)45-25-11-10-14-34(28-59-35-15-8-5-9-16-35)47-40-39(24-23-38(51)41(40)50(54)55)60(56,57)48-42(52)32-19-17-31(18-20-32)33-21-22-37-36(26-33)46-29-49(37)27-30-12-6-4-7-13-30/h5,8-9,15-24,26,29-30,34,47,51H,4,6-7,10-14,25,27-28H2,1-3H3,(H,45,53)(H,48,52)/t34-/m1/s1. The van der Waals surface area contributed by atoms with Gasteiger partial charge in [-0.1, -0.05) is 55.7 Å². The minimum absolute atomic E-state index is 0.0556. The Labute approximate surface area is 354 Å². The number of phenolic OH excluding ortho intramolecular Hbond substituents is 1. The summed E-state index contributed by atoms with van der Waals surface area (Å²) < 4.78 is 37.5. The Balaban J connectivity index is 1.17. The van der Waals surface area contributed by atoms with Crippen molar-refractivity contribution in [2.75, 3.05) is 17.6 Å². The van der Waals surface area contributed by atoms with Crippen LogP contribution in [0.25, 0.3) is 22.2 Å². The lowest BCUT2D eigenvalue weighted by Crippen LogP contribution is -2.33. The lowest BCUT2D eigenvalue weighted by atomic mass is 9.89. The van der Waals surface area contributed by atoms with E-state index in [1.807, 2.05) is 54.9 Å². The van der Waals surface area contributed by atoms with Gasteiger partial charge in [0.25, 0.3) is 15.9 Å². The Hall–Kier alpha value is -5.61. The fourth-order valence-corrected chi connectivity index (χ4v) is 9.47. The number of carbonyl (C=O) groups is 2. The number of imidazole rings is 1. The van der Waals surface area contributed by atoms with Crippen LogP contribution in [0.4, 0.5) is 16.2 Å². The maximum atomic E-state index is 13.9. The summed E-state index contributed by atoms with van der Waals surface area (Å²) in [4.78, 5) is 42.1. The van der Waals surface area contributed by atoms with E-state index in [9.17, 15) is 33.2 Å². The van der Waals surface area contributed by atoms with Crippen molar-refractivity contribution < 1.29 is 32.8 Å². The predicted octanol–water partition coefficient (Wildman–Crippen LogP) is 9.28. The summed E-state index contributed by atoms with van der Waals surface area (Å²) in [7, 11) is -4.73. The Morgan fingerprint density at radius 3 is 2.40 bits per heavy atom. The van der Waals surface area contributed by atoms with Crippen LogP contribution in [0.5, 0.6) is 5.75 Å². The molecule has 318 valence electrons. The molecule has 1 heterocycles. The molecule has 0 saturated heterocycles. The lowest BCUT2D eigenvalue weighted by Gasteiger charge is -2.22. The largest absolute Gasteiger partial charge is 0.502 e. The number of hydrogen-bond donors (Lipinski definition) is 4. The Bertz CT molecular complexity index is 2390. The number of anilines is 1. The van der Waals surface area contributed by atoms with Gasteiger partial charge in [-0.3, -0.25) is 14.9 Å². The molecule has 0 spiro atoms. The van der Waals surface area contributed by atoms with Crippen LogP contribution in [0.3, 0.4) is 0 Å². The number of aromatic nitrogens is 2. The number of phenols is 1. The summed E-state index contributed by atoms with van der Waals surface area (Å²) >= 11 is 1.46. The predicted molar refractivity (Wildman–Crippen MR) is 234 cm³/mol. The quantitative estimate of drug-likeness (QED) is 0.0301. The van der Waals surface area contributed by atoms with E-state index in [0.29, 0.717) is 37.5 Å². The zero-order valence-corrected chi connectivity index (χ0v) is 35.7. The molecule has 1 fully saturated rings. The molecule has 14 nitrogen and oxygen atoms in total. The van der Waals surface area contributed by atoms with E-state index in [4.69, 9.17) is 4.74 Å². The monoisotopic (exact) mass is 856 g/mol. The topological polar surface area (TPSA) is 195 Å². The van der Waals surface area contributed by atoms with Gasteiger partial charge in [-0.05, 0) is 118 Å². The van der Waals surface area contributed by atoms with Crippen LogP contribution in [0.15, 0.2) is 101 Å². The fraction of sp³-hybridized carbons (Fsp3) is 0.386. The number of rotatable bonds is 17. The van der Waals surface area contributed by atoms with Crippen LogP contribution in [0, 0.1) is 16.0 Å². The Morgan fingerprint density at radius 2 is 1.70 bits per heavy atom. The van der Waals surface area contributed by atoms with Crippen molar-refractivity contribution in [3.63, 3.8) is 0 Å². The summed E-state index contributed by atoms with van der Waals surface area (Å²) in [5.74, 6) is -0.657. The van der Waals surface area contributed by atoms with Crippen molar-refractivity contribution in [1.82, 2.24) is 19.6 Å². The van der Waals surface area contributed by atoms with Gasteiger partial charge in [-0.2, -0.15) is 0 Å². The Kier molecular flexibility index (Phi) is 14.4. The van der Waals surface area contributed by atoms with E-state index in [1.165, 1.54) is 56.0 Å². The molecule has 0 unspecified atom stereocenters. The summed E-state index contributed by atoms with van der Waals surface area (Å²) in [6.45, 7) is 6.55. The third-order valence-corrected chi connectivity index (χ3v) is 12.8. The smallest absolute Gasteiger partial charge is 0.407 e. The number of nitrogens with zero attached hydrogens (tertiary/aromatic N) is 3. The summed E-state index contributed by atoms with van der Waals surface area (Å²) in [6, 6.07) is 23.4. The average molecular weight is 857 g/mol. The lowest BCUT2D eigenvalue weighted by molar-refractivity contribution is -0.385. The van der Waals surface area contributed by atoms with Gasteiger partial charge in [-0.15, -0.1) is 11.8 Å². The molecule has 0 aliphatic heterocycles. The van der Waals surface area contributed by atoms with Gasteiger partial charge in [0.2, 0.25) is 0 Å². The molecule has 4 N–H and O–H groups in total. The van der Waals surface area contributed by atoms with Gasteiger partial charge in [0.05, 0.1) is 22.3 Å². The maximum absolute atomic E-state index is 13.9. The zero-order chi connectivity index (χ0) is 42.9.